The molecule has 3 nitrogen and oxygen atoms in total. The average molecular weight is 325 g/mol. The summed E-state index contributed by atoms with van der Waals surface area (Å²) >= 11 is 3.46. The first-order chi connectivity index (χ1) is 9.10. The highest BCUT2D eigenvalue weighted by atomic mass is 79.9. The van der Waals surface area contributed by atoms with Crippen LogP contribution in [0, 0.1) is 5.92 Å². The third kappa shape index (κ3) is 3.80. The number of nitrogens with one attached hydrogen (secondary N) is 1. The molecule has 4 heteroatoms. The van der Waals surface area contributed by atoms with Crippen LogP contribution in [0.5, 0.6) is 0 Å². The predicted octanol–water partition coefficient (Wildman–Crippen LogP) is 3.47. The quantitative estimate of drug-likeness (QED) is 0.894. The molecule has 1 aromatic carbocycles. The average Bonchev–Trinajstić information content (AvgIpc) is 2.41. The maximum absolute atomic E-state index is 12.3. The number of hydrogen-bond acceptors (Lipinski definition) is 2. The van der Waals surface area contributed by atoms with Crippen LogP contribution in [0.15, 0.2) is 22.7 Å². The Balaban J connectivity index is 2.02. The van der Waals surface area contributed by atoms with Crippen molar-refractivity contribution in [1.82, 2.24) is 0 Å². The number of carbonyl (C=O) groups is 1. The van der Waals surface area contributed by atoms with Gasteiger partial charge in [-0.25, -0.2) is 0 Å². The van der Waals surface area contributed by atoms with Crippen molar-refractivity contribution in [3.05, 3.63) is 28.2 Å². The van der Waals surface area contributed by atoms with Crippen LogP contribution in [0.3, 0.4) is 0 Å². The molecule has 1 aliphatic rings. The highest BCUT2D eigenvalue weighted by Crippen LogP contribution is 2.26. The van der Waals surface area contributed by atoms with Crippen LogP contribution in [0.4, 0.5) is 5.69 Å². The number of halogens is 1. The van der Waals surface area contributed by atoms with Gasteiger partial charge in [0.05, 0.1) is 0 Å². The number of anilines is 1. The van der Waals surface area contributed by atoms with Crippen molar-refractivity contribution in [2.75, 3.05) is 5.32 Å². The van der Waals surface area contributed by atoms with E-state index in [0.29, 0.717) is 0 Å². The number of benzene rings is 1. The molecule has 1 saturated carbocycles. The Labute approximate surface area is 123 Å². The molecule has 0 radical (unpaired) electrons. The van der Waals surface area contributed by atoms with Gasteiger partial charge in [0.15, 0.2) is 0 Å². The predicted molar refractivity (Wildman–Crippen MR) is 82.1 cm³/mol. The van der Waals surface area contributed by atoms with E-state index >= 15 is 0 Å². The molecule has 19 heavy (non-hydrogen) atoms. The third-order valence-electron chi connectivity index (χ3n) is 3.85. The van der Waals surface area contributed by atoms with Crippen molar-refractivity contribution in [3.63, 3.8) is 0 Å². The van der Waals surface area contributed by atoms with E-state index in [4.69, 9.17) is 5.73 Å². The van der Waals surface area contributed by atoms with Gasteiger partial charge in [0.2, 0.25) is 5.91 Å². The monoisotopic (exact) mass is 324 g/mol. The number of rotatable bonds is 3. The molecular weight excluding hydrogens is 304 g/mol. The van der Waals surface area contributed by atoms with Crippen molar-refractivity contribution in [3.8, 4) is 0 Å². The molecule has 0 saturated heterocycles. The molecule has 104 valence electrons. The molecule has 0 unspecified atom stereocenters. The molecule has 0 aromatic heterocycles. The Morgan fingerprint density at radius 3 is 2.68 bits per heavy atom. The van der Waals surface area contributed by atoms with E-state index in [1.165, 1.54) is 0 Å². The Hall–Kier alpha value is -0.870. The van der Waals surface area contributed by atoms with Crippen molar-refractivity contribution < 1.29 is 4.79 Å². The summed E-state index contributed by atoms with van der Waals surface area (Å²) in [7, 11) is 0. The zero-order valence-electron chi connectivity index (χ0n) is 11.3. The first-order valence-corrected chi connectivity index (χ1v) is 7.74. The lowest BCUT2D eigenvalue weighted by atomic mass is 9.86. The topological polar surface area (TPSA) is 55.1 Å². The summed E-state index contributed by atoms with van der Waals surface area (Å²) in [5.74, 6) is 0.261. The van der Waals surface area contributed by atoms with E-state index in [-0.39, 0.29) is 17.9 Å². The smallest absolute Gasteiger partial charge is 0.227 e. The van der Waals surface area contributed by atoms with E-state index in [0.717, 1.165) is 47.8 Å². The van der Waals surface area contributed by atoms with Crippen molar-refractivity contribution in [2.45, 2.75) is 45.1 Å². The zero-order chi connectivity index (χ0) is 13.8. The van der Waals surface area contributed by atoms with Gasteiger partial charge < -0.3 is 11.1 Å². The molecule has 1 aliphatic carbocycles. The molecule has 0 bridgehead atoms. The van der Waals surface area contributed by atoms with Gasteiger partial charge >= 0.3 is 0 Å². The van der Waals surface area contributed by atoms with Gasteiger partial charge in [-0.2, -0.15) is 0 Å². The van der Waals surface area contributed by atoms with Crippen LogP contribution in [0.1, 0.15) is 38.2 Å². The van der Waals surface area contributed by atoms with E-state index in [1.807, 2.05) is 12.1 Å². The lowest BCUT2D eigenvalue weighted by molar-refractivity contribution is -0.120. The molecule has 3 N–H and O–H groups in total. The van der Waals surface area contributed by atoms with Crippen LogP contribution in [0.25, 0.3) is 0 Å². The molecule has 0 spiro atoms. The van der Waals surface area contributed by atoms with Gasteiger partial charge in [-0.15, -0.1) is 0 Å². The van der Waals surface area contributed by atoms with E-state index in [9.17, 15) is 4.79 Å². The standard InChI is InChI=1S/C15H21BrN2O/c1-2-10-9-12(16)5-8-14(10)18-15(19)11-3-6-13(17)7-4-11/h5,8-9,11,13H,2-4,6-7,17H2,1H3,(H,18,19). The maximum atomic E-state index is 12.3. The van der Waals surface area contributed by atoms with Crippen molar-refractivity contribution in [2.24, 2.45) is 11.7 Å². The summed E-state index contributed by atoms with van der Waals surface area (Å²) in [5, 5.41) is 3.07. The molecule has 0 heterocycles. The van der Waals surface area contributed by atoms with Crippen molar-refractivity contribution in [1.29, 1.82) is 0 Å². The van der Waals surface area contributed by atoms with E-state index in [2.05, 4.69) is 34.2 Å². The summed E-state index contributed by atoms with van der Waals surface area (Å²) in [6.07, 6.45) is 4.64. The Bertz CT molecular complexity index is 453. The normalized spacial score (nSPS) is 23.1. The van der Waals surface area contributed by atoms with Crippen LogP contribution in [-0.4, -0.2) is 11.9 Å². The first-order valence-electron chi connectivity index (χ1n) is 6.95. The maximum Gasteiger partial charge on any atom is 0.227 e. The summed E-state index contributed by atoms with van der Waals surface area (Å²) in [6.45, 7) is 2.09. The molecule has 1 aromatic rings. The van der Waals surface area contributed by atoms with Gasteiger partial charge in [0.25, 0.3) is 0 Å². The minimum atomic E-state index is 0.119. The SMILES string of the molecule is CCc1cc(Br)ccc1NC(=O)C1CCC(N)CC1. The minimum Gasteiger partial charge on any atom is -0.328 e. The fourth-order valence-corrected chi connectivity index (χ4v) is 3.00. The van der Waals surface area contributed by atoms with Gasteiger partial charge in [0.1, 0.15) is 0 Å². The third-order valence-corrected chi connectivity index (χ3v) is 4.34. The van der Waals surface area contributed by atoms with Crippen molar-refractivity contribution >= 4 is 27.5 Å². The van der Waals surface area contributed by atoms with Crippen LogP contribution in [0.2, 0.25) is 0 Å². The second-order valence-corrected chi connectivity index (χ2v) is 6.17. The van der Waals surface area contributed by atoms with E-state index in [1.54, 1.807) is 0 Å². The summed E-state index contributed by atoms with van der Waals surface area (Å²) in [5.41, 5.74) is 7.97. The lowest BCUT2D eigenvalue weighted by Crippen LogP contribution is -2.32. The highest BCUT2D eigenvalue weighted by molar-refractivity contribution is 9.10. The van der Waals surface area contributed by atoms with Gasteiger partial charge in [-0.1, -0.05) is 22.9 Å². The summed E-state index contributed by atoms with van der Waals surface area (Å²) in [4.78, 5) is 12.3. The second-order valence-electron chi connectivity index (χ2n) is 5.26. The largest absolute Gasteiger partial charge is 0.328 e. The molecule has 2 rings (SSSR count). The number of hydrogen-bond donors (Lipinski definition) is 2. The number of amides is 1. The van der Waals surface area contributed by atoms with E-state index < -0.39 is 0 Å². The lowest BCUT2D eigenvalue weighted by Gasteiger charge is -2.25. The van der Waals surface area contributed by atoms with Crippen LogP contribution < -0.4 is 11.1 Å². The summed E-state index contributed by atoms with van der Waals surface area (Å²) in [6, 6.07) is 6.27. The zero-order valence-corrected chi connectivity index (χ0v) is 12.9. The molecule has 1 fully saturated rings. The molecule has 0 aliphatic heterocycles. The molecule has 0 atom stereocenters. The number of aryl methyl sites for hydroxylation is 1. The molecule has 1 amide bonds. The fourth-order valence-electron chi connectivity index (χ4n) is 2.59. The fraction of sp³-hybridized carbons (Fsp3) is 0.533. The summed E-state index contributed by atoms with van der Waals surface area (Å²) < 4.78 is 1.05. The first kappa shape index (κ1) is 14.5. The Kier molecular flexibility index (Phi) is 4.99. The minimum absolute atomic E-state index is 0.119. The number of carbonyl (C=O) groups excluding carboxylic acids is 1. The molecular formula is C15H21BrN2O. The van der Waals surface area contributed by atoms with Crippen LogP contribution >= 0.6 is 15.9 Å². The van der Waals surface area contributed by atoms with Crippen LogP contribution in [-0.2, 0) is 11.2 Å². The second kappa shape index (κ2) is 6.53. The van der Waals surface area contributed by atoms with Gasteiger partial charge in [-0.3, -0.25) is 4.79 Å². The highest BCUT2D eigenvalue weighted by Gasteiger charge is 2.24. The van der Waals surface area contributed by atoms with Gasteiger partial charge in [-0.05, 0) is 55.9 Å². The Morgan fingerprint density at radius 1 is 1.37 bits per heavy atom. The Morgan fingerprint density at radius 2 is 2.05 bits per heavy atom. The number of nitrogens with two attached hydrogens (primary N) is 1. The van der Waals surface area contributed by atoms with Gasteiger partial charge in [0, 0.05) is 22.1 Å².